The molecule has 3 rings (SSSR count). The molecule has 1 aromatic carbocycles. The van der Waals surface area contributed by atoms with Crippen molar-refractivity contribution in [1.29, 1.82) is 0 Å². The minimum Gasteiger partial charge on any atom is -0.490 e. The molecule has 0 spiro atoms. The lowest BCUT2D eigenvalue weighted by atomic mass is 10.0. The Morgan fingerprint density at radius 3 is 2.46 bits per heavy atom. The Balaban J connectivity index is 1.70. The molecule has 2 heterocycles. The average Bonchev–Trinajstić information content (AvgIpc) is 2.62. The van der Waals surface area contributed by atoms with Crippen molar-refractivity contribution in [2.45, 2.75) is 25.8 Å². The number of benzene rings is 1. The van der Waals surface area contributed by atoms with Crippen molar-refractivity contribution in [3.8, 4) is 5.75 Å². The molecule has 1 aromatic rings. The first-order valence-corrected chi connectivity index (χ1v) is 8.50. The van der Waals surface area contributed by atoms with Gasteiger partial charge in [-0.25, -0.2) is 0 Å². The zero-order valence-corrected chi connectivity index (χ0v) is 14.4. The summed E-state index contributed by atoms with van der Waals surface area (Å²) in [5, 5.41) is 11.1. The molecule has 0 bridgehead atoms. The third-order valence-electron chi connectivity index (χ3n) is 5.06. The highest BCUT2D eigenvalue weighted by Crippen LogP contribution is 2.36. The molecule has 2 fully saturated rings. The molecular formula is C17H25N3O4. The van der Waals surface area contributed by atoms with Crippen molar-refractivity contribution < 1.29 is 14.4 Å². The highest BCUT2D eigenvalue weighted by molar-refractivity contribution is 5.64. The Hall–Kier alpha value is -1.86. The zero-order chi connectivity index (χ0) is 17.1. The molecule has 7 heteroatoms. The lowest BCUT2D eigenvalue weighted by molar-refractivity contribution is -0.385. The number of methoxy groups -OCH3 is 1. The highest BCUT2D eigenvalue weighted by atomic mass is 16.6. The van der Waals surface area contributed by atoms with Crippen LogP contribution in [0, 0.1) is 17.0 Å². The van der Waals surface area contributed by atoms with E-state index >= 15 is 0 Å². The molecule has 0 unspecified atom stereocenters. The van der Waals surface area contributed by atoms with E-state index < -0.39 is 0 Å². The van der Waals surface area contributed by atoms with E-state index in [2.05, 4.69) is 9.80 Å². The summed E-state index contributed by atoms with van der Waals surface area (Å²) in [7, 11) is 1.48. The number of rotatable bonds is 4. The van der Waals surface area contributed by atoms with Crippen LogP contribution in [0.2, 0.25) is 0 Å². The first-order valence-electron chi connectivity index (χ1n) is 8.50. The van der Waals surface area contributed by atoms with Gasteiger partial charge in [0.05, 0.1) is 25.2 Å². The lowest BCUT2D eigenvalue weighted by Gasteiger charge is -2.41. The van der Waals surface area contributed by atoms with Crippen LogP contribution in [0.25, 0.3) is 0 Å². The van der Waals surface area contributed by atoms with Gasteiger partial charge in [0.2, 0.25) is 0 Å². The molecule has 24 heavy (non-hydrogen) atoms. The number of nitro benzene ring substituents is 1. The second-order valence-electron chi connectivity index (χ2n) is 6.43. The molecular weight excluding hydrogens is 310 g/mol. The van der Waals surface area contributed by atoms with Crippen LogP contribution in [-0.2, 0) is 4.74 Å². The van der Waals surface area contributed by atoms with Crippen LogP contribution in [0.3, 0.4) is 0 Å². The van der Waals surface area contributed by atoms with E-state index in [0.29, 0.717) is 11.8 Å². The monoisotopic (exact) mass is 335 g/mol. The van der Waals surface area contributed by atoms with E-state index in [0.717, 1.165) is 63.5 Å². The van der Waals surface area contributed by atoms with Crippen molar-refractivity contribution in [2.75, 3.05) is 51.4 Å². The van der Waals surface area contributed by atoms with Crippen molar-refractivity contribution in [1.82, 2.24) is 4.90 Å². The molecule has 0 amide bonds. The van der Waals surface area contributed by atoms with Gasteiger partial charge in [-0.1, -0.05) is 0 Å². The summed E-state index contributed by atoms with van der Waals surface area (Å²) >= 11 is 0. The largest absolute Gasteiger partial charge is 0.490 e. The molecule has 0 aliphatic carbocycles. The summed E-state index contributed by atoms with van der Waals surface area (Å²) in [5.74, 6) is 0.330. The molecule has 0 N–H and O–H groups in total. The Morgan fingerprint density at radius 2 is 1.88 bits per heavy atom. The lowest BCUT2D eigenvalue weighted by Crippen LogP contribution is -2.49. The number of nitrogens with zero attached hydrogens (tertiary/aromatic N) is 3. The Kier molecular flexibility index (Phi) is 5.20. The normalized spacial score (nSPS) is 20.2. The number of anilines is 1. The Labute approximate surface area is 142 Å². The summed E-state index contributed by atoms with van der Waals surface area (Å²) in [6.07, 6.45) is 2.22. The maximum atomic E-state index is 11.1. The van der Waals surface area contributed by atoms with Gasteiger partial charge >= 0.3 is 5.69 Å². The predicted octanol–water partition coefficient (Wildman–Crippen LogP) is 2.21. The summed E-state index contributed by atoms with van der Waals surface area (Å²) in [4.78, 5) is 15.6. The molecule has 0 atom stereocenters. The Bertz CT molecular complexity index is 594. The number of hydrogen-bond donors (Lipinski definition) is 0. The molecule has 2 aliphatic rings. The van der Waals surface area contributed by atoms with Crippen LogP contribution in [0.4, 0.5) is 11.4 Å². The molecule has 2 aliphatic heterocycles. The van der Waals surface area contributed by atoms with E-state index in [9.17, 15) is 10.1 Å². The van der Waals surface area contributed by atoms with Crippen LogP contribution in [-0.4, -0.2) is 62.4 Å². The van der Waals surface area contributed by atoms with Gasteiger partial charge in [-0.15, -0.1) is 0 Å². The van der Waals surface area contributed by atoms with Gasteiger partial charge in [0.15, 0.2) is 5.75 Å². The third-order valence-corrected chi connectivity index (χ3v) is 5.06. The third kappa shape index (κ3) is 3.47. The second-order valence-corrected chi connectivity index (χ2v) is 6.43. The van der Waals surface area contributed by atoms with E-state index in [4.69, 9.17) is 9.47 Å². The van der Waals surface area contributed by atoms with Crippen molar-refractivity contribution in [3.63, 3.8) is 0 Å². The van der Waals surface area contributed by atoms with Crippen LogP contribution < -0.4 is 9.64 Å². The molecule has 7 nitrogen and oxygen atoms in total. The fourth-order valence-corrected chi connectivity index (χ4v) is 3.72. The first-order chi connectivity index (χ1) is 11.6. The van der Waals surface area contributed by atoms with E-state index in [1.807, 2.05) is 13.0 Å². The van der Waals surface area contributed by atoms with Gasteiger partial charge in [-0.05, 0) is 25.3 Å². The molecule has 2 saturated heterocycles. The molecule has 0 radical (unpaired) electrons. The maximum absolute atomic E-state index is 11.1. The van der Waals surface area contributed by atoms with E-state index in [1.54, 1.807) is 6.07 Å². The standard InChI is InChI=1S/C17H25N3O4/c1-13-11-16(20(21)22)17(23-2)12-15(13)19-5-3-14(4-6-19)18-7-9-24-10-8-18/h11-12,14H,3-10H2,1-2H3. The quantitative estimate of drug-likeness (QED) is 0.621. The molecule has 132 valence electrons. The molecule has 0 aromatic heterocycles. The summed E-state index contributed by atoms with van der Waals surface area (Å²) < 4.78 is 10.7. The first kappa shape index (κ1) is 17.0. The topological polar surface area (TPSA) is 68.1 Å². The van der Waals surface area contributed by atoms with Crippen LogP contribution in [0.15, 0.2) is 12.1 Å². The van der Waals surface area contributed by atoms with Crippen molar-refractivity contribution in [3.05, 3.63) is 27.8 Å². The van der Waals surface area contributed by atoms with Crippen LogP contribution in [0.1, 0.15) is 18.4 Å². The summed E-state index contributed by atoms with van der Waals surface area (Å²) in [6.45, 7) is 7.56. The summed E-state index contributed by atoms with van der Waals surface area (Å²) in [6, 6.07) is 4.04. The van der Waals surface area contributed by atoms with Crippen molar-refractivity contribution in [2.24, 2.45) is 0 Å². The fourth-order valence-electron chi connectivity index (χ4n) is 3.72. The van der Waals surface area contributed by atoms with E-state index in [1.165, 1.54) is 7.11 Å². The van der Waals surface area contributed by atoms with Gasteiger partial charge in [-0.2, -0.15) is 0 Å². The van der Waals surface area contributed by atoms with Crippen molar-refractivity contribution >= 4 is 11.4 Å². The number of nitro groups is 1. The number of morpholine rings is 1. The number of aryl methyl sites for hydroxylation is 1. The molecule has 0 saturated carbocycles. The number of ether oxygens (including phenoxy) is 2. The smallest absolute Gasteiger partial charge is 0.311 e. The average molecular weight is 335 g/mol. The van der Waals surface area contributed by atoms with Gasteiger partial charge in [-0.3, -0.25) is 15.0 Å². The van der Waals surface area contributed by atoms with Gasteiger partial charge in [0.1, 0.15) is 0 Å². The minimum atomic E-state index is -0.389. The Morgan fingerprint density at radius 1 is 1.21 bits per heavy atom. The van der Waals surface area contributed by atoms with Gasteiger partial charge < -0.3 is 14.4 Å². The summed E-state index contributed by atoms with van der Waals surface area (Å²) in [5.41, 5.74) is 1.99. The predicted molar refractivity (Wildman–Crippen MR) is 92.0 cm³/mol. The minimum absolute atomic E-state index is 0.0296. The van der Waals surface area contributed by atoms with Gasteiger partial charge in [0, 0.05) is 50.0 Å². The van der Waals surface area contributed by atoms with Crippen LogP contribution in [0.5, 0.6) is 5.75 Å². The number of piperidine rings is 1. The van der Waals surface area contributed by atoms with Gasteiger partial charge in [0.25, 0.3) is 0 Å². The fraction of sp³-hybridized carbons (Fsp3) is 0.647. The SMILES string of the molecule is COc1cc(N2CCC(N3CCOCC3)CC2)c(C)cc1[N+](=O)[O-]. The highest BCUT2D eigenvalue weighted by Gasteiger charge is 2.27. The van der Waals surface area contributed by atoms with E-state index in [-0.39, 0.29) is 10.6 Å². The maximum Gasteiger partial charge on any atom is 0.311 e. The second kappa shape index (κ2) is 7.36. The van der Waals surface area contributed by atoms with Crippen LogP contribution >= 0.6 is 0 Å². The zero-order valence-electron chi connectivity index (χ0n) is 14.4. The number of hydrogen-bond acceptors (Lipinski definition) is 6.